The Bertz CT molecular complexity index is 441. The Morgan fingerprint density at radius 2 is 2.18 bits per heavy atom. The van der Waals surface area contributed by atoms with Gasteiger partial charge in [-0.2, -0.15) is 0 Å². The van der Waals surface area contributed by atoms with Gasteiger partial charge in [-0.1, -0.05) is 17.7 Å². The molecular formula is C13H15Cl2NO. The third-order valence-electron chi connectivity index (χ3n) is 3.31. The van der Waals surface area contributed by atoms with E-state index in [1.165, 1.54) is 0 Å². The van der Waals surface area contributed by atoms with Crippen LogP contribution in [0.15, 0.2) is 18.2 Å². The molecule has 0 aromatic heterocycles. The van der Waals surface area contributed by atoms with Crippen molar-refractivity contribution in [3.63, 3.8) is 0 Å². The van der Waals surface area contributed by atoms with Gasteiger partial charge in [-0.15, -0.1) is 11.6 Å². The van der Waals surface area contributed by atoms with Crippen LogP contribution in [0.5, 0.6) is 0 Å². The van der Waals surface area contributed by atoms with Gasteiger partial charge in [-0.25, -0.2) is 0 Å². The first-order valence-corrected chi connectivity index (χ1v) is 6.58. The van der Waals surface area contributed by atoms with Crippen molar-refractivity contribution in [1.29, 1.82) is 0 Å². The fourth-order valence-electron chi connectivity index (χ4n) is 1.74. The van der Waals surface area contributed by atoms with Crippen LogP contribution in [0.3, 0.4) is 0 Å². The Kier molecular flexibility index (Phi) is 3.64. The summed E-state index contributed by atoms with van der Waals surface area (Å²) in [5.74, 6) is 0.545. The van der Waals surface area contributed by atoms with Crippen molar-refractivity contribution >= 4 is 29.1 Å². The Morgan fingerprint density at radius 3 is 2.76 bits per heavy atom. The lowest BCUT2D eigenvalue weighted by molar-refractivity contribution is 0.0946. The van der Waals surface area contributed by atoms with Gasteiger partial charge in [-0.05, 0) is 37.5 Å². The van der Waals surface area contributed by atoms with E-state index in [1.807, 2.05) is 13.0 Å². The van der Waals surface area contributed by atoms with Gasteiger partial charge in [0.15, 0.2) is 0 Å². The first kappa shape index (κ1) is 12.7. The third-order valence-corrected chi connectivity index (χ3v) is 4.11. The van der Waals surface area contributed by atoms with Crippen molar-refractivity contribution in [2.75, 3.05) is 12.4 Å². The molecular weight excluding hydrogens is 257 g/mol. The molecule has 1 fully saturated rings. The molecule has 1 amide bonds. The molecule has 1 aromatic rings. The molecule has 4 heteroatoms. The zero-order valence-electron chi connectivity index (χ0n) is 9.72. The summed E-state index contributed by atoms with van der Waals surface area (Å²) in [5.41, 5.74) is 1.72. The number of carbonyl (C=O) groups is 1. The summed E-state index contributed by atoms with van der Waals surface area (Å²) in [7, 11) is 0. The fraction of sp³-hybridized carbons (Fsp3) is 0.462. The van der Waals surface area contributed by atoms with Gasteiger partial charge in [0.2, 0.25) is 0 Å². The zero-order chi connectivity index (χ0) is 12.5. The summed E-state index contributed by atoms with van der Waals surface area (Å²) < 4.78 is 0. The van der Waals surface area contributed by atoms with Crippen LogP contribution in [-0.2, 0) is 0 Å². The zero-order valence-corrected chi connectivity index (χ0v) is 11.2. The van der Waals surface area contributed by atoms with Gasteiger partial charge in [0.25, 0.3) is 5.91 Å². The lowest BCUT2D eigenvalue weighted by Crippen LogP contribution is -2.31. The maximum absolute atomic E-state index is 12.0. The number of aryl methyl sites for hydroxylation is 1. The molecule has 0 aliphatic heterocycles. The van der Waals surface area contributed by atoms with Crippen LogP contribution < -0.4 is 5.32 Å². The highest BCUT2D eigenvalue weighted by molar-refractivity contribution is 6.31. The Balaban J connectivity index is 2.02. The predicted octanol–water partition coefficient (Wildman–Crippen LogP) is 3.40. The number of nitrogens with one attached hydrogen (secondary N) is 1. The number of hydrogen-bond acceptors (Lipinski definition) is 1. The molecule has 0 saturated heterocycles. The van der Waals surface area contributed by atoms with Crippen molar-refractivity contribution in [1.82, 2.24) is 5.32 Å². The average molecular weight is 272 g/mol. The Morgan fingerprint density at radius 1 is 1.47 bits per heavy atom. The summed E-state index contributed by atoms with van der Waals surface area (Å²) >= 11 is 11.8. The maximum atomic E-state index is 12.0. The summed E-state index contributed by atoms with van der Waals surface area (Å²) in [4.78, 5) is 12.0. The van der Waals surface area contributed by atoms with Gasteiger partial charge in [-0.3, -0.25) is 4.79 Å². The maximum Gasteiger partial charge on any atom is 0.251 e. The number of carbonyl (C=O) groups excluding carboxylic acids is 1. The summed E-state index contributed by atoms with van der Waals surface area (Å²) in [6, 6.07) is 5.34. The van der Waals surface area contributed by atoms with Crippen LogP contribution in [0, 0.1) is 12.3 Å². The minimum absolute atomic E-state index is 0.0682. The van der Waals surface area contributed by atoms with E-state index in [-0.39, 0.29) is 11.3 Å². The van der Waals surface area contributed by atoms with E-state index in [4.69, 9.17) is 23.2 Å². The fourth-order valence-corrected chi connectivity index (χ4v) is 2.27. The van der Waals surface area contributed by atoms with Crippen LogP contribution >= 0.6 is 23.2 Å². The van der Waals surface area contributed by atoms with Crippen molar-refractivity contribution in [3.05, 3.63) is 34.3 Å². The summed E-state index contributed by atoms with van der Waals surface area (Å²) in [6.45, 7) is 2.56. The second-order valence-corrected chi connectivity index (χ2v) is 5.48. The van der Waals surface area contributed by atoms with Crippen LogP contribution in [-0.4, -0.2) is 18.3 Å². The van der Waals surface area contributed by atoms with Crippen molar-refractivity contribution < 1.29 is 4.79 Å². The van der Waals surface area contributed by atoms with E-state index in [2.05, 4.69) is 5.32 Å². The quantitative estimate of drug-likeness (QED) is 0.836. The molecule has 0 bridgehead atoms. The number of rotatable bonds is 4. The second-order valence-electron chi connectivity index (χ2n) is 4.78. The Hall–Kier alpha value is -0.730. The highest BCUT2D eigenvalue weighted by atomic mass is 35.5. The molecule has 17 heavy (non-hydrogen) atoms. The molecule has 0 radical (unpaired) electrons. The number of hydrogen-bond donors (Lipinski definition) is 1. The molecule has 0 spiro atoms. The first-order valence-electron chi connectivity index (χ1n) is 5.67. The van der Waals surface area contributed by atoms with Gasteiger partial charge in [0, 0.05) is 28.4 Å². The molecule has 2 rings (SSSR count). The van der Waals surface area contributed by atoms with E-state index < -0.39 is 0 Å². The molecule has 1 N–H and O–H groups in total. The number of alkyl halides is 1. The van der Waals surface area contributed by atoms with Crippen LogP contribution in [0.2, 0.25) is 5.02 Å². The normalized spacial score (nSPS) is 16.6. The number of benzene rings is 1. The third kappa shape index (κ3) is 2.93. The van der Waals surface area contributed by atoms with E-state index >= 15 is 0 Å². The molecule has 1 aliphatic carbocycles. The lowest BCUT2D eigenvalue weighted by atomic mass is 10.1. The number of halogens is 2. The Labute approximate surface area is 111 Å². The monoisotopic (exact) mass is 271 g/mol. The molecule has 0 unspecified atom stereocenters. The SMILES string of the molecule is Cc1ccc(Cl)cc1C(=O)NCC1(CCl)CC1. The predicted molar refractivity (Wildman–Crippen MR) is 70.9 cm³/mol. The molecule has 1 aliphatic rings. The lowest BCUT2D eigenvalue weighted by Gasteiger charge is -2.13. The highest BCUT2D eigenvalue weighted by Crippen LogP contribution is 2.45. The van der Waals surface area contributed by atoms with Gasteiger partial charge in [0.1, 0.15) is 0 Å². The van der Waals surface area contributed by atoms with E-state index in [0.29, 0.717) is 23.0 Å². The molecule has 92 valence electrons. The standard InChI is InChI=1S/C13H15Cl2NO/c1-9-2-3-10(15)6-11(9)12(17)16-8-13(7-14)4-5-13/h2-3,6H,4-5,7-8H2,1H3,(H,16,17). The minimum Gasteiger partial charge on any atom is -0.351 e. The van der Waals surface area contributed by atoms with Crippen molar-refractivity contribution in [2.45, 2.75) is 19.8 Å². The average Bonchev–Trinajstić information content (AvgIpc) is 3.10. The van der Waals surface area contributed by atoms with Crippen LogP contribution in [0.25, 0.3) is 0 Å². The highest BCUT2D eigenvalue weighted by Gasteiger charge is 2.41. The molecule has 0 heterocycles. The van der Waals surface area contributed by atoms with E-state index in [9.17, 15) is 4.79 Å². The molecule has 1 saturated carbocycles. The molecule has 2 nitrogen and oxygen atoms in total. The number of amides is 1. The van der Waals surface area contributed by atoms with Gasteiger partial charge in [0.05, 0.1) is 0 Å². The van der Waals surface area contributed by atoms with Crippen LogP contribution in [0.1, 0.15) is 28.8 Å². The smallest absolute Gasteiger partial charge is 0.251 e. The minimum atomic E-state index is -0.0682. The van der Waals surface area contributed by atoms with Gasteiger partial charge < -0.3 is 5.32 Å². The summed E-state index contributed by atoms with van der Waals surface area (Å²) in [6.07, 6.45) is 2.20. The van der Waals surface area contributed by atoms with Crippen molar-refractivity contribution in [2.24, 2.45) is 5.41 Å². The largest absolute Gasteiger partial charge is 0.351 e. The van der Waals surface area contributed by atoms with E-state index in [0.717, 1.165) is 18.4 Å². The summed E-state index contributed by atoms with van der Waals surface area (Å²) in [5, 5.41) is 3.52. The topological polar surface area (TPSA) is 29.1 Å². The van der Waals surface area contributed by atoms with Crippen molar-refractivity contribution in [3.8, 4) is 0 Å². The molecule has 0 atom stereocenters. The van der Waals surface area contributed by atoms with Gasteiger partial charge >= 0.3 is 0 Å². The molecule has 1 aromatic carbocycles. The van der Waals surface area contributed by atoms with E-state index in [1.54, 1.807) is 12.1 Å². The van der Waals surface area contributed by atoms with Crippen LogP contribution in [0.4, 0.5) is 0 Å². The second kappa shape index (κ2) is 4.87. The first-order chi connectivity index (χ1) is 8.06.